The number of aromatic nitrogens is 2. The van der Waals surface area contributed by atoms with Crippen molar-refractivity contribution >= 4 is 5.82 Å². The van der Waals surface area contributed by atoms with Crippen molar-refractivity contribution in [3.63, 3.8) is 0 Å². The van der Waals surface area contributed by atoms with Gasteiger partial charge in [-0.2, -0.15) is 4.98 Å². The van der Waals surface area contributed by atoms with E-state index in [0.717, 1.165) is 19.4 Å². The molecule has 1 aromatic heterocycles. The molecule has 5 nitrogen and oxygen atoms in total. The monoisotopic (exact) mass is 223 g/mol. The quantitative estimate of drug-likeness (QED) is 0.825. The summed E-state index contributed by atoms with van der Waals surface area (Å²) in [5.74, 6) is 1.82. The van der Waals surface area contributed by atoms with Gasteiger partial charge in [0.25, 0.3) is 5.88 Å². The lowest BCUT2D eigenvalue weighted by atomic mass is 9.96. The van der Waals surface area contributed by atoms with Crippen molar-refractivity contribution in [2.75, 3.05) is 19.0 Å². The molecule has 0 spiro atoms. The van der Waals surface area contributed by atoms with Gasteiger partial charge in [0.2, 0.25) is 5.75 Å². The van der Waals surface area contributed by atoms with Crippen LogP contribution in [0, 0.1) is 0 Å². The minimum Gasteiger partial charge on any atom is -0.489 e. The fourth-order valence-corrected chi connectivity index (χ4v) is 1.57. The van der Waals surface area contributed by atoms with E-state index in [1.807, 2.05) is 6.92 Å². The summed E-state index contributed by atoms with van der Waals surface area (Å²) in [7, 11) is 1.60. The largest absolute Gasteiger partial charge is 0.489 e. The molecule has 0 radical (unpaired) electrons. The molecule has 0 unspecified atom stereocenters. The van der Waals surface area contributed by atoms with Crippen LogP contribution in [-0.2, 0) is 0 Å². The van der Waals surface area contributed by atoms with Crippen LogP contribution in [-0.4, -0.2) is 29.7 Å². The molecule has 88 valence electrons. The molecule has 1 aliphatic carbocycles. The predicted octanol–water partition coefficient (Wildman–Crippen LogP) is 1.85. The molecule has 1 fully saturated rings. The minimum absolute atomic E-state index is 0.290. The number of rotatable bonds is 5. The molecule has 1 saturated carbocycles. The summed E-state index contributed by atoms with van der Waals surface area (Å²) in [6.45, 7) is 2.80. The van der Waals surface area contributed by atoms with Gasteiger partial charge in [-0.15, -0.1) is 0 Å². The van der Waals surface area contributed by atoms with Crippen LogP contribution in [0.4, 0.5) is 5.82 Å². The topological polar surface area (TPSA) is 56.3 Å². The van der Waals surface area contributed by atoms with Crippen molar-refractivity contribution in [2.24, 2.45) is 0 Å². The Morgan fingerprint density at radius 2 is 2.25 bits per heavy atom. The van der Waals surface area contributed by atoms with Gasteiger partial charge in [-0.25, -0.2) is 4.98 Å². The second kappa shape index (κ2) is 5.01. The van der Waals surface area contributed by atoms with Crippen molar-refractivity contribution in [3.8, 4) is 11.6 Å². The van der Waals surface area contributed by atoms with Crippen molar-refractivity contribution < 1.29 is 9.47 Å². The van der Waals surface area contributed by atoms with E-state index < -0.39 is 0 Å². The van der Waals surface area contributed by atoms with Crippen LogP contribution < -0.4 is 14.8 Å². The van der Waals surface area contributed by atoms with E-state index in [1.54, 1.807) is 7.11 Å². The number of hydrogen-bond donors (Lipinski definition) is 1. The highest BCUT2D eigenvalue weighted by Crippen LogP contribution is 2.34. The first-order chi connectivity index (χ1) is 7.85. The Kier molecular flexibility index (Phi) is 3.44. The lowest BCUT2D eigenvalue weighted by Crippen LogP contribution is -2.25. The van der Waals surface area contributed by atoms with Gasteiger partial charge < -0.3 is 14.8 Å². The minimum atomic E-state index is 0.290. The molecular weight excluding hydrogens is 206 g/mol. The normalized spacial score (nSPS) is 15.4. The number of nitrogens with zero attached hydrogens (tertiary/aromatic N) is 2. The van der Waals surface area contributed by atoms with Gasteiger partial charge in [-0.3, -0.25) is 0 Å². The molecule has 1 heterocycles. The third-order valence-corrected chi connectivity index (χ3v) is 2.65. The van der Waals surface area contributed by atoms with Gasteiger partial charge in [0.05, 0.1) is 7.11 Å². The summed E-state index contributed by atoms with van der Waals surface area (Å²) in [6, 6.07) is 0. The highest BCUT2D eigenvalue weighted by molar-refractivity contribution is 5.54. The van der Waals surface area contributed by atoms with E-state index in [4.69, 9.17) is 9.47 Å². The summed E-state index contributed by atoms with van der Waals surface area (Å²) in [4.78, 5) is 8.24. The molecule has 1 aliphatic rings. The zero-order valence-electron chi connectivity index (χ0n) is 9.69. The van der Waals surface area contributed by atoms with Crippen molar-refractivity contribution in [2.45, 2.75) is 32.3 Å². The summed E-state index contributed by atoms with van der Waals surface area (Å²) in [5.41, 5.74) is 0. The molecule has 0 aliphatic heterocycles. The van der Waals surface area contributed by atoms with E-state index in [2.05, 4.69) is 15.3 Å². The van der Waals surface area contributed by atoms with Gasteiger partial charge in [0.1, 0.15) is 12.4 Å². The Labute approximate surface area is 95.2 Å². The Morgan fingerprint density at radius 1 is 1.44 bits per heavy atom. The first-order valence-electron chi connectivity index (χ1n) is 5.64. The smallest absolute Gasteiger partial charge is 0.262 e. The van der Waals surface area contributed by atoms with Crippen LogP contribution >= 0.6 is 0 Å². The average Bonchev–Trinajstić information content (AvgIpc) is 2.24. The summed E-state index contributed by atoms with van der Waals surface area (Å²) < 4.78 is 11.0. The van der Waals surface area contributed by atoms with E-state index in [-0.39, 0.29) is 0 Å². The van der Waals surface area contributed by atoms with E-state index >= 15 is 0 Å². The third-order valence-electron chi connectivity index (χ3n) is 2.65. The first-order valence-corrected chi connectivity index (χ1v) is 5.64. The third kappa shape index (κ3) is 2.18. The summed E-state index contributed by atoms with van der Waals surface area (Å²) in [5, 5.41) is 3.12. The van der Waals surface area contributed by atoms with Gasteiger partial charge >= 0.3 is 0 Å². The molecule has 0 aromatic carbocycles. The zero-order valence-corrected chi connectivity index (χ0v) is 9.69. The lowest BCUT2D eigenvalue weighted by Gasteiger charge is -2.26. The molecule has 16 heavy (non-hydrogen) atoms. The van der Waals surface area contributed by atoms with Crippen LogP contribution in [0.2, 0.25) is 0 Å². The SMILES string of the molecule is CCNc1ncnc(OC2CCC2)c1OC. The van der Waals surface area contributed by atoms with Gasteiger partial charge in [-0.05, 0) is 26.2 Å². The highest BCUT2D eigenvalue weighted by atomic mass is 16.5. The maximum absolute atomic E-state index is 5.74. The number of anilines is 1. The Bertz CT molecular complexity index is 353. The number of nitrogens with one attached hydrogen (secondary N) is 1. The van der Waals surface area contributed by atoms with Crippen LogP contribution in [0.3, 0.4) is 0 Å². The first kappa shape index (κ1) is 11.0. The molecule has 0 bridgehead atoms. The predicted molar refractivity (Wildman–Crippen MR) is 61.0 cm³/mol. The van der Waals surface area contributed by atoms with Gasteiger partial charge in [0, 0.05) is 6.54 Å². The number of methoxy groups -OCH3 is 1. The maximum Gasteiger partial charge on any atom is 0.262 e. The Hall–Kier alpha value is -1.52. The average molecular weight is 223 g/mol. The Balaban J connectivity index is 2.17. The molecule has 0 amide bonds. The highest BCUT2D eigenvalue weighted by Gasteiger charge is 2.22. The molecular formula is C11H17N3O2. The van der Waals surface area contributed by atoms with E-state index in [0.29, 0.717) is 23.6 Å². The molecule has 1 N–H and O–H groups in total. The van der Waals surface area contributed by atoms with Crippen LogP contribution in [0.1, 0.15) is 26.2 Å². The lowest BCUT2D eigenvalue weighted by molar-refractivity contribution is 0.110. The van der Waals surface area contributed by atoms with Crippen molar-refractivity contribution in [3.05, 3.63) is 6.33 Å². The number of hydrogen-bond acceptors (Lipinski definition) is 5. The van der Waals surface area contributed by atoms with Crippen LogP contribution in [0.15, 0.2) is 6.33 Å². The molecule has 0 saturated heterocycles. The molecule has 2 rings (SSSR count). The number of ether oxygens (including phenoxy) is 2. The molecule has 0 atom stereocenters. The maximum atomic E-state index is 5.74. The van der Waals surface area contributed by atoms with E-state index in [1.165, 1.54) is 12.7 Å². The standard InChI is InChI=1S/C11H17N3O2/c1-3-12-10-9(15-2)11(14-7-13-10)16-8-5-4-6-8/h7-8H,3-6H2,1-2H3,(H,12,13,14). The zero-order chi connectivity index (χ0) is 11.4. The molecule has 1 aromatic rings. The van der Waals surface area contributed by atoms with Gasteiger partial charge in [-0.1, -0.05) is 0 Å². The fraction of sp³-hybridized carbons (Fsp3) is 0.636. The second-order valence-electron chi connectivity index (χ2n) is 3.76. The fourth-order valence-electron chi connectivity index (χ4n) is 1.57. The van der Waals surface area contributed by atoms with Crippen molar-refractivity contribution in [1.29, 1.82) is 0 Å². The van der Waals surface area contributed by atoms with Crippen molar-refractivity contribution in [1.82, 2.24) is 9.97 Å². The van der Waals surface area contributed by atoms with Crippen LogP contribution in [0.25, 0.3) is 0 Å². The summed E-state index contributed by atoms with van der Waals surface area (Å²) in [6.07, 6.45) is 5.22. The second-order valence-corrected chi connectivity index (χ2v) is 3.76. The van der Waals surface area contributed by atoms with E-state index in [9.17, 15) is 0 Å². The van der Waals surface area contributed by atoms with Gasteiger partial charge in [0.15, 0.2) is 5.82 Å². The Morgan fingerprint density at radius 3 is 2.81 bits per heavy atom. The summed E-state index contributed by atoms with van der Waals surface area (Å²) >= 11 is 0. The molecule has 5 heteroatoms. The van der Waals surface area contributed by atoms with Crippen LogP contribution in [0.5, 0.6) is 11.6 Å².